The van der Waals surface area contributed by atoms with Gasteiger partial charge in [-0.05, 0) is 32.0 Å². The third kappa shape index (κ3) is 2.80. The summed E-state index contributed by atoms with van der Waals surface area (Å²) in [4.78, 5) is 4.37. The Morgan fingerprint density at radius 2 is 1.89 bits per heavy atom. The van der Waals surface area contributed by atoms with E-state index in [1.165, 1.54) is 0 Å². The maximum Gasteiger partial charge on any atom is 0.128 e. The van der Waals surface area contributed by atoms with Gasteiger partial charge < -0.3 is 9.47 Å². The first-order valence-corrected chi connectivity index (χ1v) is 5.97. The number of aromatic nitrogens is 1. The van der Waals surface area contributed by atoms with Gasteiger partial charge in [0.25, 0.3) is 0 Å². The lowest BCUT2D eigenvalue weighted by Crippen LogP contribution is -2.05. The van der Waals surface area contributed by atoms with Crippen molar-refractivity contribution in [3.8, 4) is 22.8 Å². The van der Waals surface area contributed by atoms with Gasteiger partial charge in [-0.25, -0.2) is 0 Å². The molecule has 94 valence electrons. The van der Waals surface area contributed by atoms with Crippen molar-refractivity contribution in [3.63, 3.8) is 0 Å². The second-order valence-corrected chi connectivity index (χ2v) is 4.24. The summed E-state index contributed by atoms with van der Waals surface area (Å²) in [5, 5.41) is 0. The molecular formula is C15H17NO2. The molecule has 1 aromatic carbocycles. The van der Waals surface area contributed by atoms with Gasteiger partial charge in [0.05, 0.1) is 18.9 Å². The van der Waals surface area contributed by atoms with Crippen LogP contribution in [-0.4, -0.2) is 18.2 Å². The quantitative estimate of drug-likeness (QED) is 0.823. The van der Waals surface area contributed by atoms with Crippen LogP contribution in [0.5, 0.6) is 11.5 Å². The predicted octanol–water partition coefficient (Wildman–Crippen LogP) is 3.54. The Morgan fingerprint density at radius 3 is 2.61 bits per heavy atom. The van der Waals surface area contributed by atoms with Crippen LogP contribution in [0, 0.1) is 0 Å². The maximum absolute atomic E-state index is 5.67. The number of pyridine rings is 1. The smallest absolute Gasteiger partial charge is 0.128 e. The van der Waals surface area contributed by atoms with E-state index in [0.29, 0.717) is 0 Å². The SMILES string of the molecule is COc1ccccc1-c1cc(OC(C)C)ccn1. The molecule has 18 heavy (non-hydrogen) atoms. The van der Waals surface area contributed by atoms with Crippen LogP contribution in [0.25, 0.3) is 11.3 Å². The Labute approximate surface area is 107 Å². The Kier molecular flexibility index (Phi) is 3.82. The topological polar surface area (TPSA) is 31.4 Å². The minimum atomic E-state index is 0.151. The highest BCUT2D eigenvalue weighted by atomic mass is 16.5. The Balaban J connectivity index is 2.38. The highest BCUT2D eigenvalue weighted by Crippen LogP contribution is 2.29. The van der Waals surface area contributed by atoms with Crippen molar-refractivity contribution in [1.82, 2.24) is 4.98 Å². The molecule has 3 heteroatoms. The summed E-state index contributed by atoms with van der Waals surface area (Å²) < 4.78 is 11.0. The van der Waals surface area contributed by atoms with Crippen LogP contribution in [0.3, 0.4) is 0 Å². The van der Waals surface area contributed by atoms with E-state index < -0.39 is 0 Å². The van der Waals surface area contributed by atoms with E-state index >= 15 is 0 Å². The molecule has 0 unspecified atom stereocenters. The van der Waals surface area contributed by atoms with E-state index in [-0.39, 0.29) is 6.10 Å². The molecule has 0 atom stereocenters. The lowest BCUT2D eigenvalue weighted by atomic mass is 10.1. The van der Waals surface area contributed by atoms with Crippen LogP contribution >= 0.6 is 0 Å². The summed E-state index contributed by atoms with van der Waals surface area (Å²) in [6.45, 7) is 4.01. The largest absolute Gasteiger partial charge is 0.496 e. The summed E-state index contributed by atoms with van der Waals surface area (Å²) in [5.74, 6) is 1.63. The summed E-state index contributed by atoms with van der Waals surface area (Å²) in [6, 6.07) is 11.6. The van der Waals surface area contributed by atoms with Crippen molar-refractivity contribution in [2.75, 3.05) is 7.11 Å². The molecule has 0 N–H and O–H groups in total. The minimum Gasteiger partial charge on any atom is -0.496 e. The molecule has 0 saturated carbocycles. The van der Waals surface area contributed by atoms with Gasteiger partial charge in [-0.2, -0.15) is 0 Å². The van der Waals surface area contributed by atoms with E-state index in [1.807, 2.05) is 50.2 Å². The van der Waals surface area contributed by atoms with E-state index in [9.17, 15) is 0 Å². The maximum atomic E-state index is 5.67. The number of hydrogen-bond acceptors (Lipinski definition) is 3. The zero-order valence-corrected chi connectivity index (χ0v) is 10.9. The zero-order valence-electron chi connectivity index (χ0n) is 10.9. The number of para-hydroxylation sites is 1. The second-order valence-electron chi connectivity index (χ2n) is 4.24. The molecule has 3 nitrogen and oxygen atoms in total. The molecule has 0 radical (unpaired) electrons. The molecule has 2 aromatic rings. The third-order valence-electron chi connectivity index (χ3n) is 2.49. The lowest BCUT2D eigenvalue weighted by Gasteiger charge is -2.11. The molecule has 0 fully saturated rings. The molecule has 0 aliphatic carbocycles. The number of methoxy groups -OCH3 is 1. The number of benzene rings is 1. The van der Waals surface area contributed by atoms with Crippen molar-refractivity contribution in [2.24, 2.45) is 0 Å². The average molecular weight is 243 g/mol. The van der Waals surface area contributed by atoms with Crippen molar-refractivity contribution >= 4 is 0 Å². The Hall–Kier alpha value is -2.03. The van der Waals surface area contributed by atoms with Crippen LogP contribution in [0.2, 0.25) is 0 Å². The van der Waals surface area contributed by atoms with Crippen molar-refractivity contribution < 1.29 is 9.47 Å². The van der Waals surface area contributed by atoms with E-state index in [2.05, 4.69) is 4.98 Å². The summed E-state index contributed by atoms with van der Waals surface area (Å²) in [6.07, 6.45) is 1.90. The summed E-state index contributed by atoms with van der Waals surface area (Å²) in [5.41, 5.74) is 1.82. The summed E-state index contributed by atoms with van der Waals surface area (Å²) >= 11 is 0. The van der Waals surface area contributed by atoms with E-state index in [4.69, 9.17) is 9.47 Å². The van der Waals surface area contributed by atoms with Crippen LogP contribution in [-0.2, 0) is 0 Å². The highest BCUT2D eigenvalue weighted by molar-refractivity contribution is 5.67. The standard InChI is InChI=1S/C15H17NO2/c1-11(2)18-12-8-9-16-14(10-12)13-6-4-5-7-15(13)17-3/h4-11H,1-3H3. The fraction of sp³-hybridized carbons (Fsp3) is 0.267. The Bertz CT molecular complexity index is 523. The van der Waals surface area contributed by atoms with Crippen LogP contribution in [0.15, 0.2) is 42.6 Å². The van der Waals surface area contributed by atoms with E-state index in [0.717, 1.165) is 22.8 Å². The van der Waals surface area contributed by atoms with Crippen molar-refractivity contribution in [2.45, 2.75) is 20.0 Å². The van der Waals surface area contributed by atoms with Crippen LogP contribution in [0.4, 0.5) is 0 Å². The van der Waals surface area contributed by atoms with Gasteiger partial charge in [0.15, 0.2) is 0 Å². The second kappa shape index (κ2) is 5.54. The normalized spacial score (nSPS) is 10.4. The fourth-order valence-corrected chi connectivity index (χ4v) is 1.76. The molecule has 0 spiro atoms. The summed E-state index contributed by atoms with van der Waals surface area (Å²) in [7, 11) is 1.66. The van der Waals surface area contributed by atoms with Gasteiger partial charge in [-0.3, -0.25) is 4.98 Å². The first-order valence-electron chi connectivity index (χ1n) is 5.97. The number of rotatable bonds is 4. The van der Waals surface area contributed by atoms with Crippen molar-refractivity contribution in [1.29, 1.82) is 0 Å². The molecule has 2 rings (SSSR count). The van der Waals surface area contributed by atoms with Gasteiger partial charge in [0.1, 0.15) is 11.5 Å². The molecular weight excluding hydrogens is 226 g/mol. The Morgan fingerprint density at radius 1 is 1.11 bits per heavy atom. The van der Waals surface area contributed by atoms with Gasteiger partial charge in [0, 0.05) is 17.8 Å². The van der Waals surface area contributed by atoms with Gasteiger partial charge >= 0.3 is 0 Å². The van der Waals surface area contributed by atoms with E-state index in [1.54, 1.807) is 13.3 Å². The van der Waals surface area contributed by atoms with Crippen LogP contribution < -0.4 is 9.47 Å². The number of ether oxygens (including phenoxy) is 2. The average Bonchev–Trinajstić information content (AvgIpc) is 2.38. The molecule has 0 amide bonds. The zero-order chi connectivity index (χ0) is 13.0. The van der Waals surface area contributed by atoms with Crippen molar-refractivity contribution in [3.05, 3.63) is 42.6 Å². The monoisotopic (exact) mass is 243 g/mol. The highest BCUT2D eigenvalue weighted by Gasteiger charge is 2.07. The van der Waals surface area contributed by atoms with Gasteiger partial charge in [-0.15, -0.1) is 0 Å². The van der Waals surface area contributed by atoms with Gasteiger partial charge in [-0.1, -0.05) is 12.1 Å². The molecule has 0 bridgehead atoms. The van der Waals surface area contributed by atoms with Gasteiger partial charge in [0.2, 0.25) is 0 Å². The minimum absolute atomic E-state index is 0.151. The molecule has 1 heterocycles. The molecule has 1 aromatic heterocycles. The first-order chi connectivity index (χ1) is 8.70. The predicted molar refractivity (Wildman–Crippen MR) is 72.0 cm³/mol. The number of nitrogens with zero attached hydrogens (tertiary/aromatic N) is 1. The van der Waals surface area contributed by atoms with Crippen LogP contribution in [0.1, 0.15) is 13.8 Å². The molecule has 0 saturated heterocycles. The molecule has 0 aliphatic heterocycles. The first kappa shape index (κ1) is 12.4. The lowest BCUT2D eigenvalue weighted by molar-refractivity contribution is 0.242. The number of hydrogen-bond donors (Lipinski definition) is 0. The fourth-order valence-electron chi connectivity index (χ4n) is 1.76. The third-order valence-corrected chi connectivity index (χ3v) is 2.49. The molecule has 0 aliphatic rings.